The van der Waals surface area contributed by atoms with Gasteiger partial charge >= 0.3 is 11.9 Å². The highest BCUT2D eigenvalue weighted by Crippen LogP contribution is 2.37. The average Bonchev–Trinajstić information content (AvgIpc) is 2.80. The Kier molecular flexibility index (Phi) is 8.98. The van der Waals surface area contributed by atoms with E-state index in [1.54, 1.807) is 29.2 Å². The Labute approximate surface area is 189 Å². The third kappa shape index (κ3) is 6.81. The summed E-state index contributed by atoms with van der Waals surface area (Å²) in [5, 5.41) is 24.8. The van der Waals surface area contributed by atoms with E-state index in [0.29, 0.717) is 44.2 Å². The molecule has 0 bridgehead atoms. The number of hydrogen-bond acceptors (Lipinski definition) is 7. The van der Waals surface area contributed by atoms with Crippen molar-refractivity contribution in [3.8, 4) is 17.2 Å². The summed E-state index contributed by atoms with van der Waals surface area (Å²) in [5.74, 6) is -3.72. The van der Waals surface area contributed by atoms with E-state index in [2.05, 4.69) is 4.90 Å². The highest BCUT2D eigenvalue weighted by molar-refractivity contribution is 6.27. The zero-order valence-electron chi connectivity index (χ0n) is 18.2. The number of phenols is 1. The number of nitrogens with zero attached hydrogens (tertiary/aromatic N) is 2. The fourth-order valence-corrected chi connectivity index (χ4v) is 3.21. The van der Waals surface area contributed by atoms with E-state index in [1.807, 2.05) is 0 Å². The highest BCUT2D eigenvalue weighted by atomic mass is 19.1. The molecule has 1 amide bonds. The molecule has 1 fully saturated rings. The van der Waals surface area contributed by atoms with Crippen molar-refractivity contribution in [3.05, 3.63) is 53.3 Å². The number of aliphatic carboxylic acids is 2. The van der Waals surface area contributed by atoms with Gasteiger partial charge in [0.25, 0.3) is 5.91 Å². The van der Waals surface area contributed by atoms with Gasteiger partial charge in [-0.15, -0.1) is 0 Å². The van der Waals surface area contributed by atoms with E-state index >= 15 is 0 Å². The maximum absolute atomic E-state index is 13.8. The lowest BCUT2D eigenvalue weighted by Gasteiger charge is -2.35. The predicted octanol–water partition coefficient (Wildman–Crippen LogP) is 1.66. The molecular weight excluding hydrogens is 439 g/mol. The molecule has 0 radical (unpaired) electrons. The van der Waals surface area contributed by atoms with Crippen LogP contribution in [0.3, 0.4) is 0 Å². The van der Waals surface area contributed by atoms with Crippen molar-refractivity contribution >= 4 is 17.8 Å². The van der Waals surface area contributed by atoms with Gasteiger partial charge in [-0.2, -0.15) is 0 Å². The Hall–Kier alpha value is -3.86. The monoisotopic (exact) mass is 464 g/mol. The SMILES string of the molecule is COc1cc(CN2CCN(C(=O)c3ccccc3F)CC2)cc(OC)c1O.O=C(O)C(=O)O. The number of halogens is 1. The molecule has 0 aliphatic carbocycles. The van der Waals surface area contributed by atoms with Crippen molar-refractivity contribution in [1.29, 1.82) is 0 Å². The number of carboxylic acids is 2. The zero-order valence-corrected chi connectivity index (χ0v) is 18.2. The zero-order chi connectivity index (χ0) is 24.5. The second-order valence-corrected chi connectivity index (χ2v) is 7.01. The van der Waals surface area contributed by atoms with Crippen molar-refractivity contribution in [1.82, 2.24) is 9.80 Å². The van der Waals surface area contributed by atoms with E-state index in [0.717, 1.165) is 5.56 Å². The minimum absolute atomic E-state index is 0.0240. The van der Waals surface area contributed by atoms with Crippen LogP contribution in [0.25, 0.3) is 0 Å². The van der Waals surface area contributed by atoms with Gasteiger partial charge in [-0.1, -0.05) is 12.1 Å². The Morgan fingerprint density at radius 2 is 1.45 bits per heavy atom. The number of ether oxygens (including phenoxy) is 2. The summed E-state index contributed by atoms with van der Waals surface area (Å²) < 4.78 is 24.2. The number of amides is 1. The number of rotatable bonds is 5. The number of phenolic OH excluding ortho intramolecular Hbond substituents is 1. The molecule has 0 unspecified atom stereocenters. The number of carbonyl (C=O) groups excluding carboxylic acids is 1. The van der Waals surface area contributed by atoms with Gasteiger partial charge in [0.05, 0.1) is 19.8 Å². The van der Waals surface area contributed by atoms with Gasteiger partial charge in [0, 0.05) is 32.7 Å². The summed E-state index contributed by atoms with van der Waals surface area (Å²) >= 11 is 0. The summed E-state index contributed by atoms with van der Waals surface area (Å²) in [5.41, 5.74) is 1.05. The maximum Gasteiger partial charge on any atom is 0.414 e. The molecule has 0 saturated carbocycles. The van der Waals surface area contributed by atoms with E-state index in [9.17, 15) is 14.3 Å². The van der Waals surface area contributed by atoms with Crippen molar-refractivity contribution < 1.29 is 43.6 Å². The van der Waals surface area contributed by atoms with Crippen LogP contribution in [0.1, 0.15) is 15.9 Å². The Balaban J connectivity index is 0.000000569. The molecule has 2 aromatic carbocycles. The number of carbonyl (C=O) groups is 3. The first-order chi connectivity index (χ1) is 15.7. The van der Waals surface area contributed by atoms with Crippen LogP contribution in [0.2, 0.25) is 0 Å². The fourth-order valence-electron chi connectivity index (χ4n) is 3.21. The molecule has 1 heterocycles. The van der Waals surface area contributed by atoms with E-state index < -0.39 is 17.8 Å². The van der Waals surface area contributed by atoms with Crippen LogP contribution in [0, 0.1) is 5.82 Å². The first kappa shape index (κ1) is 25.4. The summed E-state index contributed by atoms with van der Waals surface area (Å²) in [4.78, 5) is 34.6. The smallest absolute Gasteiger partial charge is 0.414 e. The second kappa shape index (κ2) is 11.7. The van der Waals surface area contributed by atoms with Crippen LogP contribution in [0.4, 0.5) is 4.39 Å². The van der Waals surface area contributed by atoms with Gasteiger partial charge in [-0.05, 0) is 29.8 Å². The van der Waals surface area contributed by atoms with Gasteiger partial charge in [0.15, 0.2) is 11.5 Å². The third-order valence-electron chi connectivity index (χ3n) is 4.89. The number of hydrogen-bond donors (Lipinski definition) is 3. The van der Waals surface area contributed by atoms with Crippen molar-refractivity contribution in [2.45, 2.75) is 6.54 Å². The molecule has 178 valence electrons. The van der Waals surface area contributed by atoms with Crippen molar-refractivity contribution in [3.63, 3.8) is 0 Å². The molecule has 33 heavy (non-hydrogen) atoms. The van der Waals surface area contributed by atoms with E-state index in [1.165, 1.54) is 26.4 Å². The van der Waals surface area contributed by atoms with Gasteiger partial charge < -0.3 is 29.7 Å². The Bertz CT molecular complexity index is 969. The molecule has 1 saturated heterocycles. The topological polar surface area (TPSA) is 137 Å². The standard InChI is InChI=1S/C20H23FN2O4.C2H2O4/c1-26-17-11-14(12-18(27-2)19(17)24)13-22-7-9-23(10-8-22)20(25)15-5-3-4-6-16(15)21;3-1(4)2(5)6/h3-6,11-12,24H,7-10,13H2,1-2H3;(H,3,4)(H,5,6). The number of aromatic hydroxyl groups is 1. The first-order valence-corrected chi connectivity index (χ1v) is 9.84. The second-order valence-electron chi connectivity index (χ2n) is 7.01. The molecule has 11 heteroatoms. The molecular formula is C22H25FN2O8. The molecule has 2 aromatic rings. The first-order valence-electron chi connectivity index (χ1n) is 9.84. The number of carboxylic acid groups (broad SMARTS) is 2. The van der Waals surface area contributed by atoms with E-state index in [4.69, 9.17) is 29.3 Å². The van der Waals surface area contributed by atoms with Crippen LogP contribution >= 0.6 is 0 Å². The molecule has 3 rings (SSSR count). The van der Waals surface area contributed by atoms with Crippen molar-refractivity contribution in [2.24, 2.45) is 0 Å². The summed E-state index contributed by atoms with van der Waals surface area (Å²) in [6.07, 6.45) is 0. The van der Waals surface area contributed by atoms with Gasteiger partial charge in [0.2, 0.25) is 5.75 Å². The molecule has 0 spiro atoms. The lowest BCUT2D eigenvalue weighted by Crippen LogP contribution is -2.48. The number of piperazine rings is 1. The average molecular weight is 464 g/mol. The summed E-state index contributed by atoms with van der Waals surface area (Å²) in [6.45, 7) is 3.03. The minimum Gasteiger partial charge on any atom is -0.502 e. The quantitative estimate of drug-likeness (QED) is 0.564. The minimum atomic E-state index is -1.82. The number of methoxy groups -OCH3 is 2. The molecule has 1 aliphatic rings. The fraction of sp³-hybridized carbons (Fsp3) is 0.318. The molecule has 0 atom stereocenters. The van der Waals surface area contributed by atoms with Crippen molar-refractivity contribution in [2.75, 3.05) is 40.4 Å². The van der Waals surface area contributed by atoms with Gasteiger partial charge in [0.1, 0.15) is 5.82 Å². The molecule has 0 aromatic heterocycles. The van der Waals surface area contributed by atoms with Gasteiger partial charge in [-0.25, -0.2) is 14.0 Å². The largest absolute Gasteiger partial charge is 0.502 e. The predicted molar refractivity (Wildman–Crippen MR) is 114 cm³/mol. The number of benzene rings is 2. The maximum atomic E-state index is 13.8. The van der Waals surface area contributed by atoms with E-state index in [-0.39, 0.29) is 17.2 Å². The Morgan fingerprint density at radius 1 is 0.939 bits per heavy atom. The Morgan fingerprint density at radius 3 is 1.91 bits per heavy atom. The molecule has 10 nitrogen and oxygen atoms in total. The lowest BCUT2D eigenvalue weighted by molar-refractivity contribution is -0.159. The van der Waals surface area contributed by atoms with Crippen LogP contribution in [-0.4, -0.2) is 83.4 Å². The normalized spacial score (nSPS) is 13.5. The third-order valence-corrected chi connectivity index (χ3v) is 4.89. The summed E-state index contributed by atoms with van der Waals surface area (Å²) in [6, 6.07) is 9.60. The highest BCUT2D eigenvalue weighted by Gasteiger charge is 2.24. The molecule has 1 aliphatic heterocycles. The lowest BCUT2D eigenvalue weighted by atomic mass is 10.1. The molecule has 3 N–H and O–H groups in total. The van der Waals surface area contributed by atoms with Gasteiger partial charge in [-0.3, -0.25) is 9.69 Å². The van der Waals surface area contributed by atoms with Crippen LogP contribution in [0.5, 0.6) is 17.2 Å². The summed E-state index contributed by atoms with van der Waals surface area (Å²) in [7, 11) is 2.98. The van der Waals surface area contributed by atoms with Crippen LogP contribution < -0.4 is 9.47 Å². The van der Waals surface area contributed by atoms with Crippen LogP contribution in [-0.2, 0) is 16.1 Å². The van der Waals surface area contributed by atoms with Crippen LogP contribution in [0.15, 0.2) is 36.4 Å².